The first-order chi connectivity index (χ1) is 9.02. The molecule has 0 atom stereocenters. The first-order valence-corrected chi connectivity index (χ1v) is 6.19. The maximum atomic E-state index is 12.2. The van der Waals surface area contributed by atoms with Gasteiger partial charge in [0, 0.05) is 18.8 Å². The zero-order chi connectivity index (χ0) is 14.0. The van der Waals surface area contributed by atoms with Gasteiger partial charge in [-0.05, 0) is 20.8 Å². The number of hydrogen-bond donors (Lipinski definition) is 2. The van der Waals surface area contributed by atoms with Crippen LogP contribution in [-0.4, -0.2) is 25.5 Å². The third-order valence-electron chi connectivity index (χ3n) is 2.77. The van der Waals surface area contributed by atoms with Gasteiger partial charge in [0.1, 0.15) is 5.69 Å². The lowest BCUT2D eigenvalue weighted by Gasteiger charge is -2.06. The predicted octanol–water partition coefficient (Wildman–Crippen LogP) is 1.51. The summed E-state index contributed by atoms with van der Waals surface area (Å²) < 4.78 is 3.34. The number of anilines is 2. The Morgan fingerprint density at radius 1 is 1.42 bits per heavy atom. The minimum atomic E-state index is -0.278. The van der Waals surface area contributed by atoms with Crippen LogP contribution in [0.1, 0.15) is 37.3 Å². The molecule has 0 saturated carbocycles. The Morgan fingerprint density at radius 2 is 2.16 bits per heavy atom. The van der Waals surface area contributed by atoms with E-state index in [-0.39, 0.29) is 11.9 Å². The van der Waals surface area contributed by atoms with E-state index in [4.69, 9.17) is 5.73 Å². The number of nitrogens with two attached hydrogens (primary N) is 1. The van der Waals surface area contributed by atoms with E-state index in [1.165, 1.54) is 6.20 Å². The molecule has 2 aromatic rings. The smallest absolute Gasteiger partial charge is 0.276 e. The van der Waals surface area contributed by atoms with Gasteiger partial charge >= 0.3 is 0 Å². The van der Waals surface area contributed by atoms with E-state index < -0.39 is 0 Å². The standard InChI is InChI=1S/C12H18N6O/c1-4-17-11(10(13)6-15-17)12(19)16-9-5-14-18(7-9)8(2)3/h5-8H,4,13H2,1-3H3,(H,16,19). The molecule has 0 bridgehead atoms. The molecule has 2 aromatic heterocycles. The van der Waals surface area contributed by atoms with Gasteiger partial charge < -0.3 is 11.1 Å². The number of rotatable bonds is 4. The normalized spacial score (nSPS) is 10.9. The summed E-state index contributed by atoms with van der Waals surface area (Å²) in [4.78, 5) is 12.2. The molecular formula is C12H18N6O. The third kappa shape index (κ3) is 2.59. The van der Waals surface area contributed by atoms with Gasteiger partial charge in [0.05, 0.1) is 23.8 Å². The lowest BCUT2D eigenvalue weighted by molar-refractivity contribution is 0.101. The first kappa shape index (κ1) is 13.1. The number of aromatic nitrogens is 4. The van der Waals surface area contributed by atoms with Crippen LogP contribution in [-0.2, 0) is 6.54 Å². The number of amides is 1. The van der Waals surface area contributed by atoms with Gasteiger partial charge in [-0.3, -0.25) is 14.2 Å². The predicted molar refractivity (Wildman–Crippen MR) is 72.9 cm³/mol. The third-order valence-corrected chi connectivity index (χ3v) is 2.77. The van der Waals surface area contributed by atoms with Crippen molar-refractivity contribution in [3.8, 4) is 0 Å². The molecule has 0 radical (unpaired) electrons. The maximum Gasteiger partial charge on any atom is 0.276 e. The molecule has 0 fully saturated rings. The fraction of sp³-hybridized carbons (Fsp3) is 0.417. The molecule has 7 nitrogen and oxygen atoms in total. The van der Waals surface area contributed by atoms with Gasteiger partial charge in [0.25, 0.3) is 5.91 Å². The molecule has 0 aromatic carbocycles. The Morgan fingerprint density at radius 3 is 2.74 bits per heavy atom. The van der Waals surface area contributed by atoms with Gasteiger partial charge in [-0.1, -0.05) is 0 Å². The molecule has 0 aliphatic rings. The molecule has 0 aliphatic carbocycles. The molecule has 0 unspecified atom stereocenters. The number of carbonyl (C=O) groups is 1. The van der Waals surface area contributed by atoms with E-state index >= 15 is 0 Å². The van der Waals surface area contributed by atoms with Crippen molar-refractivity contribution in [1.82, 2.24) is 19.6 Å². The summed E-state index contributed by atoms with van der Waals surface area (Å²) >= 11 is 0. The van der Waals surface area contributed by atoms with Gasteiger partial charge in [-0.2, -0.15) is 10.2 Å². The fourth-order valence-electron chi connectivity index (χ4n) is 1.76. The van der Waals surface area contributed by atoms with E-state index in [1.54, 1.807) is 21.8 Å². The second-order valence-electron chi connectivity index (χ2n) is 4.52. The number of hydrogen-bond acceptors (Lipinski definition) is 4. The van der Waals surface area contributed by atoms with Crippen molar-refractivity contribution in [2.24, 2.45) is 0 Å². The van der Waals surface area contributed by atoms with Crippen molar-refractivity contribution in [3.63, 3.8) is 0 Å². The molecule has 0 saturated heterocycles. The number of nitrogen functional groups attached to an aromatic ring is 1. The van der Waals surface area contributed by atoms with Crippen molar-refractivity contribution in [3.05, 3.63) is 24.3 Å². The highest BCUT2D eigenvalue weighted by molar-refractivity contribution is 6.06. The van der Waals surface area contributed by atoms with Gasteiger partial charge in [-0.15, -0.1) is 0 Å². The first-order valence-electron chi connectivity index (χ1n) is 6.19. The quantitative estimate of drug-likeness (QED) is 0.873. The average molecular weight is 262 g/mol. The summed E-state index contributed by atoms with van der Waals surface area (Å²) in [6.45, 7) is 6.52. The highest BCUT2D eigenvalue weighted by Gasteiger charge is 2.16. The van der Waals surface area contributed by atoms with Crippen LogP contribution in [0.4, 0.5) is 11.4 Å². The average Bonchev–Trinajstić information content (AvgIpc) is 2.95. The van der Waals surface area contributed by atoms with Crippen molar-refractivity contribution in [2.45, 2.75) is 33.4 Å². The van der Waals surface area contributed by atoms with Crippen molar-refractivity contribution < 1.29 is 4.79 Å². The maximum absolute atomic E-state index is 12.2. The fourth-order valence-corrected chi connectivity index (χ4v) is 1.76. The van der Waals surface area contributed by atoms with Crippen molar-refractivity contribution >= 4 is 17.3 Å². The van der Waals surface area contributed by atoms with E-state index in [0.717, 1.165) is 0 Å². The summed E-state index contributed by atoms with van der Waals surface area (Å²) in [5, 5.41) is 11.0. The molecule has 3 N–H and O–H groups in total. The number of aryl methyl sites for hydroxylation is 1. The topological polar surface area (TPSA) is 90.8 Å². The zero-order valence-electron chi connectivity index (χ0n) is 11.3. The highest BCUT2D eigenvalue weighted by atomic mass is 16.2. The van der Waals surface area contributed by atoms with Gasteiger partial charge in [-0.25, -0.2) is 0 Å². The summed E-state index contributed by atoms with van der Waals surface area (Å²) in [5.74, 6) is -0.278. The van der Waals surface area contributed by atoms with Crippen LogP contribution in [0.3, 0.4) is 0 Å². The Balaban J connectivity index is 2.18. The number of nitrogens with one attached hydrogen (secondary N) is 1. The van der Waals surface area contributed by atoms with Gasteiger partial charge in [0.15, 0.2) is 0 Å². The van der Waals surface area contributed by atoms with Gasteiger partial charge in [0.2, 0.25) is 0 Å². The Bertz CT molecular complexity index is 583. The van der Waals surface area contributed by atoms with E-state index in [9.17, 15) is 4.79 Å². The Labute approximate surface area is 111 Å². The Kier molecular flexibility index (Phi) is 3.55. The number of nitrogens with zero attached hydrogens (tertiary/aromatic N) is 4. The molecule has 0 aliphatic heterocycles. The van der Waals surface area contributed by atoms with Crippen LogP contribution >= 0.6 is 0 Å². The lowest BCUT2D eigenvalue weighted by Crippen LogP contribution is -2.18. The van der Waals surface area contributed by atoms with Crippen molar-refractivity contribution in [1.29, 1.82) is 0 Å². The second kappa shape index (κ2) is 5.13. The summed E-state index contributed by atoms with van der Waals surface area (Å²) in [6, 6.07) is 0.247. The second-order valence-corrected chi connectivity index (χ2v) is 4.52. The minimum Gasteiger partial charge on any atom is -0.396 e. The van der Waals surface area contributed by atoms with Crippen LogP contribution in [0, 0.1) is 0 Å². The molecule has 2 heterocycles. The molecule has 7 heteroatoms. The summed E-state index contributed by atoms with van der Waals surface area (Å²) in [7, 11) is 0. The highest BCUT2D eigenvalue weighted by Crippen LogP contribution is 2.15. The van der Waals surface area contributed by atoms with E-state index in [0.29, 0.717) is 23.6 Å². The molecule has 102 valence electrons. The van der Waals surface area contributed by atoms with E-state index in [2.05, 4.69) is 15.5 Å². The largest absolute Gasteiger partial charge is 0.396 e. The Hall–Kier alpha value is -2.31. The van der Waals surface area contributed by atoms with Crippen LogP contribution in [0.25, 0.3) is 0 Å². The molecular weight excluding hydrogens is 244 g/mol. The van der Waals surface area contributed by atoms with Crippen LogP contribution < -0.4 is 11.1 Å². The van der Waals surface area contributed by atoms with Crippen LogP contribution in [0.5, 0.6) is 0 Å². The molecule has 19 heavy (non-hydrogen) atoms. The number of carbonyl (C=O) groups excluding carboxylic acids is 1. The summed E-state index contributed by atoms with van der Waals surface area (Å²) in [6.07, 6.45) is 4.88. The van der Waals surface area contributed by atoms with Crippen LogP contribution in [0.15, 0.2) is 18.6 Å². The molecule has 2 rings (SSSR count). The SMILES string of the molecule is CCn1ncc(N)c1C(=O)Nc1cnn(C(C)C)c1. The zero-order valence-corrected chi connectivity index (χ0v) is 11.3. The minimum absolute atomic E-state index is 0.247. The van der Waals surface area contributed by atoms with E-state index in [1.807, 2.05) is 20.8 Å². The molecule has 1 amide bonds. The van der Waals surface area contributed by atoms with Crippen LogP contribution in [0.2, 0.25) is 0 Å². The van der Waals surface area contributed by atoms with Crippen molar-refractivity contribution in [2.75, 3.05) is 11.1 Å². The lowest BCUT2D eigenvalue weighted by atomic mass is 10.3. The molecule has 0 spiro atoms. The summed E-state index contributed by atoms with van der Waals surface area (Å²) in [5.41, 5.74) is 7.15. The monoisotopic (exact) mass is 262 g/mol.